The van der Waals surface area contributed by atoms with Gasteiger partial charge in [0, 0.05) is 0 Å². The summed E-state index contributed by atoms with van der Waals surface area (Å²) in [6.45, 7) is 4.38. The van der Waals surface area contributed by atoms with Gasteiger partial charge in [-0.25, -0.2) is 11.6 Å². The molecule has 0 aromatic rings. The Balaban J connectivity index is 0.000000640. The van der Waals surface area contributed by atoms with Crippen molar-refractivity contribution in [3.05, 3.63) is 23.8 Å². The summed E-state index contributed by atoms with van der Waals surface area (Å²) in [6, 6.07) is 0. The molecule has 0 fully saturated rings. The predicted octanol–water partition coefficient (Wildman–Crippen LogP) is 2.33. The van der Waals surface area contributed by atoms with Crippen LogP contribution >= 0.6 is 0 Å². The third-order valence-corrected chi connectivity index (χ3v) is 1.34. The van der Waals surface area contributed by atoms with Gasteiger partial charge in [-0.2, -0.15) is 6.08 Å². The second kappa shape index (κ2) is 4.01. The second-order valence-corrected chi connectivity index (χ2v) is 2.39. The van der Waals surface area contributed by atoms with E-state index in [4.69, 9.17) is 0 Å². The molecule has 0 atom stereocenters. The van der Waals surface area contributed by atoms with Crippen LogP contribution in [0.4, 0.5) is 0 Å². The molecule has 51 valence electrons. The molecule has 1 aliphatic carbocycles. The standard InChI is InChI=1S/C8H11.Ru/c1-7(2)8-5-3-4-6-8;/h3,5,7H,4H2,1-2H3;/q-1;+1. The van der Waals surface area contributed by atoms with Crippen molar-refractivity contribution in [2.24, 2.45) is 5.92 Å². The number of hydrogen-bond acceptors (Lipinski definition) is 0. The van der Waals surface area contributed by atoms with Crippen molar-refractivity contribution >= 4 is 0 Å². The van der Waals surface area contributed by atoms with Gasteiger partial charge in [0.25, 0.3) is 0 Å². The molecule has 0 spiro atoms. The van der Waals surface area contributed by atoms with E-state index < -0.39 is 0 Å². The van der Waals surface area contributed by atoms with Gasteiger partial charge in [0.15, 0.2) is 0 Å². The zero-order valence-corrected chi connectivity index (χ0v) is 7.53. The van der Waals surface area contributed by atoms with Crippen LogP contribution in [0.1, 0.15) is 20.3 Å². The van der Waals surface area contributed by atoms with E-state index in [0.717, 1.165) is 6.42 Å². The van der Waals surface area contributed by atoms with Crippen LogP contribution in [0.2, 0.25) is 0 Å². The van der Waals surface area contributed by atoms with E-state index in [9.17, 15) is 0 Å². The predicted molar refractivity (Wildman–Crippen MR) is 35.4 cm³/mol. The molecule has 0 aromatic heterocycles. The first kappa shape index (κ1) is 9.10. The van der Waals surface area contributed by atoms with Crippen molar-refractivity contribution in [3.63, 3.8) is 0 Å². The Labute approximate surface area is 69.8 Å². The zero-order valence-electron chi connectivity index (χ0n) is 5.79. The summed E-state index contributed by atoms with van der Waals surface area (Å²) < 4.78 is 0. The summed E-state index contributed by atoms with van der Waals surface area (Å²) in [5, 5.41) is 0. The maximum atomic E-state index is 3.26. The van der Waals surface area contributed by atoms with E-state index in [1.807, 2.05) is 0 Å². The van der Waals surface area contributed by atoms with Crippen LogP contribution in [0.15, 0.2) is 17.7 Å². The van der Waals surface area contributed by atoms with Gasteiger partial charge in [-0.1, -0.05) is 19.8 Å². The van der Waals surface area contributed by atoms with E-state index in [0.29, 0.717) is 5.92 Å². The molecule has 0 saturated heterocycles. The third kappa shape index (κ3) is 2.45. The molecule has 0 aliphatic heterocycles. The van der Waals surface area contributed by atoms with Crippen molar-refractivity contribution in [3.8, 4) is 0 Å². The van der Waals surface area contributed by atoms with Crippen molar-refractivity contribution in [2.75, 3.05) is 0 Å². The van der Waals surface area contributed by atoms with Crippen LogP contribution in [0.25, 0.3) is 0 Å². The Morgan fingerprint density at radius 3 is 2.44 bits per heavy atom. The van der Waals surface area contributed by atoms with Crippen LogP contribution in [0, 0.1) is 12.0 Å². The van der Waals surface area contributed by atoms with Gasteiger partial charge in [-0.15, -0.1) is 6.42 Å². The summed E-state index contributed by atoms with van der Waals surface area (Å²) in [4.78, 5) is 0. The van der Waals surface area contributed by atoms with Crippen molar-refractivity contribution in [1.29, 1.82) is 0 Å². The molecule has 0 amide bonds. The summed E-state index contributed by atoms with van der Waals surface area (Å²) in [5.74, 6) is 0.661. The van der Waals surface area contributed by atoms with Gasteiger partial charge < -0.3 is 0 Å². The molecule has 9 heavy (non-hydrogen) atoms. The average Bonchev–Trinajstić information content (AvgIpc) is 2.12. The first-order valence-electron chi connectivity index (χ1n) is 3.08. The Kier molecular flexibility index (Phi) is 4.05. The fourth-order valence-electron chi connectivity index (χ4n) is 0.818. The third-order valence-electron chi connectivity index (χ3n) is 1.34. The molecule has 1 heteroatoms. The summed E-state index contributed by atoms with van der Waals surface area (Å²) in [5.41, 5.74) is 1.37. The average molecular weight is 208 g/mol. The molecule has 1 radical (unpaired) electrons. The summed E-state index contributed by atoms with van der Waals surface area (Å²) >= 11 is 0. The van der Waals surface area contributed by atoms with Gasteiger partial charge >= 0.3 is 19.5 Å². The molecule has 0 N–H and O–H groups in total. The van der Waals surface area contributed by atoms with E-state index in [-0.39, 0.29) is 19.5 Å². The molecular formula is C8H11Ru. The quantitative estimate of drug-likeness (QED) is 0.458. The minimum atomic E-state index is 0. The van der Waals surface area contributed by atoms with E-state index in [2.05, 4.69) is 32.1 Å². The smallest absolute Gasteiger partial charge is 0.269 e. The van der Waals surface area contributed by atoms with Gasteiger partial charge in [-0.3, -0.25) is 6.08 Å². The maximum Gasteiger partial charge on any atom is 1.00 e. The maximum absolute atomic E-state index is 3.26. The molecule has 0 bridgehead atoms. The first-order valence-corrected chi connectivity index (χ1v) is 3.08. The Morgan fingerprint density at radius 1 is 1.56 bits per heavy atom. The van der Waals surface area contributed by atoms with Gasteiger partial charge in [0.05, 0.1) is 0 Å². The fourth-order valence-corrected chi connectivity index (χ4v) is 0.818. The van der Waals surface area contributed by atoms with Crippen molar-refractivity contribution in [1.82, 2.24) is 0 Å². The van der Waals surface area contributed by atoms with Gasteiger partial charge in [0.2, 0.25) is 0 Å². The normalized spacial score (nSPS) is 15.7. The van der Waals surface area contributed by atoms with Crippen LogP contribution in [0.5, 0.6) is 0 Å². The number of hydrogen-bond donors (Lipinski definition) is 0. The van der Waals surface area contributed by atoms with Crippen molar-refractivity contribution in [2.45, 2.75) is 20.3 Å². The molecular weight excluding hydrogens is 197 g/mol. The monoisotopic (exact) mass is 209 g/mol. The van der Waals surface area contributed by atoms with Crippen LogP contribution in [0.3, 0.4) is 0 Å². The molecule has 1 rings (SSSR count). The van der Waals surface area contributed by atoms with Crippen molar-refractivity contribution < 1.29 is 19.5 Å². The first-order chi connectivity index (χ1) is 3.80. The summed E-state index contributed by atoms with van der Waals surface area (Å²) in [7, 11) is 0. The Bertz CT molecular complexity index is 132. The topological polar surface area (TPSA) is 0 Å². The minimum absolute atomic E-state index is 0. The molecule has 0 unspecified atom stereocenters. The molecule has 0 nitrogen and oxygen atoms in total. The van der Waals surface area contributed by atoms with E-state index >= 15 is 0 Å². The fraction of sp³-hybridized carbons (Fsp3) is 0.500. The largest absolute Gasteiger partial charge is 1.00 e. The molecule has 0 heterocycles. The van der Waals surface area contributed by atoms with Gasteiger partial charge in [0.1, 0.15) is 0 Å². The SMILES string of the molecule is CC(C)C1=[C-]CC=C1.[Ru+]. The molecule has 1 aliphatic rings. The number of allylic oxidation sites excluding steroid dienone is 4. The van der Waals surface area contributed by atoms with Gasteiger partial charge in [-0.05, 0) is 0 Å². The number of rotatable bonds is 1. The zero-order chi connectivity index (χ0) is 5.98. The molecule has 0 aromatic carbocycles. The summed E-state index contributed by atoms with van der Waals surface area (Å²) in [6.07, 6.45) is 8.59. The Hall–Kier alpha value is 0.103. The minimum Gasteiger partial charge on any atom is -0.269 e. The second-order valence-electron chi connectivity index (χ2n) is 2.39. The van der Waals surface area contributed by atoms with Crippen LogP contribution in [-0.2, 0) is 19.5 Å². The van der Waals surface area contributed by atoms with Crippen LogP contribution in [-0.4, -0.2) is 0 Å². The Morgan fingerprint density at radius 2 is 2.22 bits per heavy atom. The van der Waals surface area contributed by atoms with E-state index in [1.54, 1.807) is 0 Å². The van der Waals surface area contributed by atoms with E-state index in [1.165, 1.54) is 5.57 Å². The van der Waals surface area contributed by atoms with Crippen LogP contribution < -0.4 is 0 Å². The molecule has 0 saturated carbocycles.